The zero-order valence-electron chi connectivity index (χ0n) is 6.39. The Balaban J connectivity index is 2.33. The minimum atomic E-state index is -0.281. The van der Waals surface area contributed by atoms with Gasteiger partial charge in [0.2, 0.25) is 0 Å². The van der Waals surface area contributed by atoms with Gasteiger partial charge in [-0.25, -0.2) is 4.79 Å². The fraction of sp³-hybridized carbons (Fsp3) is 0.857. The number of ether oxygens (including phenoxy) is 1. The number of hydrogen-bond donors (Lipinski definition) is 1. The maximum absolute atomic E-state index is 10.5. The molecular weight excluding hydrogens is 130 g/mol. The van der Waals surface area contributed by atoms with Crippen LogP contribution in [0.4, 0.5) is 4.79 Å². The van der Waals surface area contributed by atoms with Crippen LogP contribution in [0.5, 0.6) is 0 Å². The summed E-state index contributed by atoms with van der Waals surface area (Å²) >= 11 is 0. The fourth-order valence-corrected chi connectivity index (χ4v) is 0.935. The zero-order chi connectivity index (χ0) is 7.56. The second-order valence-electron chi connectivity index (χ2n) is 2.98. The van der Waals surface area contributed by atoms with Crippen molar-refractivity contribution in [1.29, 1.82) is 0 Å². The smallest absolute Gasteiger partial charge is 0.407 e. The van der Waals surface area contributed by atoms with Crippen LogP contribution in [0.25, 0.3) is 0 Å². The molecule has 1 fully saturated rings. The molecule has 0 saturated carbocycles. The zero-order valence-corrected chi connectivity index (χ0v) is 6.39. The molecule has 0 aromatic carbocycles. The highest BCUT2D eigenvalue weighted by Crippen LogP contribution is 2.12. The Labute approximate surface area is 60.7 Å². The van der Waals surface area contributed by atoms with E-state index in [4.69, 9.17) is 4.74 Å². The normalized spacial score (nSPS) is 25.9. The van der Waals surface area contributed by atoms with E-state index in [2.05, 4.69) is 19.2 Å². The van der Waals surface area contributed by atoms with Crippen LogP contribution in [0.15, 0.2) is 0 Å². The van der Waals surface area contributed by atoms with Crippen molar-refractivity contribution in [1.82, 2.24) is 5.32 Å². The van der Waals surface area contributed by atoms with Crippen LogP contribution >= 0.6 is 0 Å². The van der Waals surface area contributed by atoms with Crippen molar-refractivity contribution in [3.8, 4) is 0 Å². The predicted molar refractivity (Wildman–Crippen MR) is 37.7 cm³/mol. The number of cyclic esters (lactones) is 1. The first kappa shape index (κ1) is 7.38. The van der Waals surface area contributed by atoms with Crippen molar-refractivity contribution in [3.05, 3.63) is 0 Å². The first-order chi connectivity index (χ1) is 4.70. The van der Waals surface area contributed by atoms with E-state index in [0.29, 0.717) is 18.4 Å². The lowest BCUT2D eigenvalue weighted by atomic mass is 9.96. The molecule has 0 spiro atoms. The molecule has 10 heavy (non-hydrogen) atoms. The van der Waals surface area contributed by atoms with Crippen molar-refractivity contribution < 1.29 is 9.53 Å². The van der Waals surface area contributed by atoms with Crippen LogP contribution in [0.1, 0.15) is 13.8 Å². The largest absolute Gasteiger partial charge is 0.449 e. The Bertz CT molecular complexity index is 124. The molecule has 1 atom stereocenters. The standard InChI is InChI=1S/C7H13NO2/c1-5(2)6-3-8-7(9)10-4-6/h5-6H,3-4H2,1-2H3,(H,8,9)/t6-/m1/s1. The molecular formula is C7H13NO2. The Morgan fingerprint density at radius 3 is 2.80 bits per heavy atom. The monoisotopic (exact) mass is 143 g/mol. The Morgan fingerprint density at radius 1 is 1.70 bits per heavy atom. The van der Waals surface area contributed by atoms with Gasteiger partial charge < -0.3 is 10.1 Å². The summed E-state index contributed by atoms with van der Waals surface area (Å²) in [5.74, 6) is 1.07. The van der Waals surface area contributed by atoms with Gasteiger partial charge in [-0.15, -0.1) is 0 Å². The lowest BCUT2D eigenvalue weighted by molar-refractivity contribution is 0.0884. The van der Waals surface area contributed by atoms with Gasteiger partial charge in [0.05, 0.1) is 6.61 Å². The van der Waals surface area contributed by atoms with E-state index in [-0.39, 0.29) is 6.09 Å². The average molecular weight is 143 g/mol. The molecule has 0 bridgehead atoms. The Hall–Kier alpha value is -0.730. The maximum Gasteiger partial charge on any atom is 0.407 e. The molecule has 1 amide bonds. The van der Waals surface area contributed by atoms with Crippen LogP contribution in [-0.2, 0) is 4.74 Å². The second kappa shape index (κ2) is 2.90. The lowest BCUT2D eigenvalue weighted by Gasteiger charge is -2.25. The van der Waals surface area contributed by atoms with Crippen LogP contribution < -0.4 is 5.32 Å². The first-order valence-corrected chi connectivity index (χ1v) is 3.61. The van der Waals surface area contributed by atoms with Crippen molar-refractivity contribution in [3.63, 3.8) is 0 Å². The number of hydrogen-bond acceptors (Lipinski definition) is 2. The van der Waals surface area contributed by atoms with Crippen molar-refractivity contribution in [2.75, 3.05) is 13.2 Å². The topological polar surface area (TPSA) is 38.3 Å². The highest BCUT2D eigenvalue weighted by molar-refractivity contribution is 5.67. The predicted octanol–water partition coefficient (Wildman–Crippen LogP) is 0.998. The maximum atomic E-state index is 10.5. The quantitative estimate of drug-likeness (QED) is 0.594. The molecule has 58 valence electrons. The molecule has 1 rings (SSSR count). The van der Waals surface area contributed by atoms with Gasteiger partial charge in [0.15, 0.2) is 0 Å². The minimum Gasteiger partial charge on any atom is -0.449 e. The molecule has 0 aliphatic carbocycles. The first-order valence-electron chi connectivity index (χ1n) is 3.61. The summed E-state index contributed by atoms with van der Waals surface area (Å²) in [6, 6.07) is 0. The molecule has 1 saturated heterocycles. The Kier molecular flexibility index (Phi) is 2.14. The van der Waals surface area contributed by atoms with E-state index in [1.807, 2.05) is 0 Å². The number of carbonyl (C=O) groups is 1. The SMILES string of the molecule is CC(C)[C@@H]1CNC(=O)OC1. The van der Waals surface area contributed by atoms with E-state index in [1.54, 1.807) is 0 Å². The van der Waals surface area contributed by atoms with Crippen LogP contribution in [0.2, 0.25) is 0 Å². The molecule has 0 radical (unpaired) electrons. The minimum absolute atomic E-state index is 0.281. The van der Waals surface area contributed by atoms with E-state index < -0.39 is 0 Å². The second-order valence-corrected chi connectivity index (χ2v) is 2.98. The number of carbonyl (C=O) groups excluding carboxylic acids is 1. The van der Waals surface area contributed by atoms with Crippen LogP contribution in [-0.4, -0.2) is 19.2 Å². The van der Waals surface area contributed by atoms with Gasteiger partial charge in [0.1, 0.15) is 0 Å². The van der Waals surface area contributed by atoms with Gasteiger partial charge in [-0.1, -0.05) is 13.8 Å². The molecule has 0 unspecified atom stereocenters. The van der Waals surface area contributed by atoms with E-state index in [9.17, 15) is 4.79 Å². The molecule has 1 aliphatic rings. The average Bonchev–Trinajstić information content (AvgIpc) is 1.88. The highest BCUT2D eigenvalue weighted by Gasteiger charge is 2.21. The number of rotatable bonds is 1. The molecule has 1 aliphatic heterocycles. The van der Waals surface area contributed by atoms with Crippen molar-refractivity contribution >= 4 is 6.09 Å². The molecule has 1 N–H and O–H groups in total. The van der Waals surface area contributed by atoms with Crippen LogP contribution in [0, 0.1) is 11.8 Å². The summed E-state index contributed by atoms with van der Waals surface area (Å²) in [5, 5.41) is 2.65. The van der Waals surface area contributed by atoms with Gasteiger partial charge in [0, 0.05) is 12.5 Å². The summed E-state index contributed by atoms with van der Waals surface area (Å²) in [6.45, 7) is 5.59. The van der Waals surface area contributed by atoms with Gasteiger partial charge >= 0.3 is 6.09 Å². The Morgan fingerprint density at radius 2 is 2.40 bits per heavy atom. The van der Waals surface area contributed by atoms with E-state index in [1.165, 1.54) is 0 Å². The lowest BCUT2D eigenvalue weighted by Crippen LogP contribution is -2.40. The van der Waals surface area contributed by atoms with Crippen molar-refractivity contribution in [2.45, 2.75) is 13.8 Å². The van der Waals surface area contributed by atoms with E-state index >= 15 is 0 Å². The molecule has 3 heteroatoms. The summed E-state index contributed by atoms with van der Waals surface area (Å²) in [7, 11) is 0. The van der Waals surface area contributed by atoms with Gasteiger partial charge in [-0.3, -0.25) is 0 Å². The number of alkyl carbamates (subject to hydrolysis) is 1. The molecule has 1 heterocycles. The molecule has 3 nitrogen and oxygen atoms in total. The number of nitrogens with one attached hydrogen (secondary N) is 1. The third kappa shape index (κ3) is 1.62. The summed E-state index contributed by atoms with van der Waals surface area (Å²) in [4.78, 5) is 10.5. The summed E-state index contributed by atoms with van der Waals surface area (Å²) in [5.41, 5.74) is 0. The van der Waals surface area contributed by atoms with Gasteiger partial charge in [-0.2, -0.15) is 0 Å². The summed E-state index contributed by atoms with van der Waals surface area (Å²) < 4.78 is 4.80. The summed E-state index contributed by atoms with van der Waals surface area (Å²) in [6.07, 6.45) is -0.281. The number of amides is 1. The fourth-order valence-electron chi connectivity index (χ4n) is 0.935. The molecule has 0 aromatic heterocycles. The third-order valence-corrected chi connectivity index (χ3v) is 1.88. The highest BCUT2D eigenvalue weighted by atomic mass is 16.6. The van der Waals surface area contributed by atoms with Crippen molar-refractivity contribution in [2.24, 2.45) is 11.8 Å². The van der Waals surface area contributed by atoms with E-state index in [0.717, 1.165) is 6.54 Å². The van der Waals surface area contributed by atoms with Crippen LogP contribution in [0.3, 0.4) is 0 Å². The molecule has 0 aromatic rings. The van der Waals surface area contributed by atoms with Gasteiger partial charge in [-0.05, 0) is 5.92 Å². The third-order valence-electron chi connectivity index (χ3n) is 1.88. The van der Waals surface area contributed by atoms with Gasteiger partial charge in [0.25, 0.3) is 0 Å².